The van der Waals surface area contributed by atoms with Crippen molar-refractivity contribution in [2.75, 3.05) is 7.05 Å². The molecular weight excluding hydrogens is 268 g/mol. The second kappa shape index (κ2) is 4.68. The van der Waals surface area contributed by atoms with Crippen molar-refractivity contribution in [3.8, 4) is 11.4 Å². The summed E-state index contributed by atoms with van der Waals surface area (Å²) in [6.45, 7) is 4.44. The summed E-state index contributed by atoms with van der Waals surface area (Å²) in [6, 6.07) is 2.10. The molecule has 1 amide bonds. The second-order valence-corrected chi connectivity index (χ2v) is 6.50. The fourth-order valence-corrected chi connectivity index (χ4v) is 2.99. The van der Waals surface area contributed by atoms with E-state index in [4.69, 9.17) is 0 Å². The fourth-order valence-electron chi connectivity index (χ4n) is 2.99. The van der Waals surface area contributed by atoms with Gasteiger partial charge in [0.2, 0.25) is 0 Å². The van der Waals surface area contributed by atoms with Gasteiger partial charge in [0.1, 0.15) is 5.69 Å². The van der Waals surface area contributed by atoms with Crippen LogP contribution < -0.4 is 0 Å². The van der Waals surface area contributed by atoms with Crippen LogP contribution in [0.15, 0.2) is 12.3 Å². The van der Waals surface area contributed by atoms with Gasteiger partial charge in [-0.15, -0.1) is 0 Å². The number of nitrogens with one attached hydrogen (secondary N) is 1. The van der Waals surface area contributed by atoms with Gasteiger partial charge in [0.15, 0.2) is 5.69 Å². The van der Waals surface area contributed by atoms with Crippen LogP contribution in [-0.2, 0) is 7.05 Å². The Morgan fingerprint density at radius 3 is 2.71 bits per heavy atom. The van der Waals surface area contributed by atoms with Gasteiger partial charge in [-0.2, -0.15) is 20.5 Å². The second-order valence-electron chi connectivity index (χ2n) is 6.50. The van der Waals surface area contributed by atoms with Crippen LogP contribution >= 0.6 is 0 Å². The monoisotopic (exact) mass is 288 g/mol. The van der Waals surface area contributed by atoms with Crippen molar-refractivity contribution in [1.82, 2.24) is 30.1 Å². The molecule has 0 bridgehead atoms. The van der Waals surface area contributed by atoms with Crippen molar-refractivity contribution in [1.29, 1.82) is 0 Å². The van der Waals surface area contributed by atoms with E-state index in [2.05, 4.69) is 34.4 Å². The lowest BCUT2D eigenvalue weighted by Crippen LogP contribution is -2.49. The van der Waals surface area contributed by atoms with Crippen LogP contribution in [0.4, 0.5) is 0 Å². The van der Waals surface area contributed by atoms with Crippen LogP contribution in [0.3, 0.4) is 0 Å². The summed E-state index contributed by atoms with van der Waals surface area (Å²) in [6.07, 6.45) is 3.72. The highest BCUT2D eigenvalue weighted by Gasteiger charge is 2.40. The Bertz CT molecular complexity index is 663. The van der Waals surface area contributed by atoms with E-state index < -0.39 is 0 Å². The van der Waals surface area contributed by atoms with E-state index in [1.54, 1.807) is 15.8 Å². The molecule has 1 N–H and O–H groups in total. The zero-order valence-electron chi connectivity index (χ0n) is 12.8. The first-order chi connectivity index (χ1) is 9.89. The maximum atomic E-state index is 12.7. The SMILES string of the molecule is CN(C(=O)c1n[nH]nc1-c1ccnn1C)C1CC(C)(C)C1. The average molecular weight is 288 g/mol. The van der Waals surface area contributed by atoms with Gasteiger partial charge in [0, 0.05) is 26.3 Å². The first kappa shape index (κ1) is 13.8. The molecule has 1 aliphatic rings. The summed E-state index contributed by atoms with van der Waals surface area (Å²) in [7, 11) is 3.65. The van der Waals surface area contributed by atoms with Crippen LogP contribution in [0.25, 0.3) is 11.4 Å². The normalized spacial score (nSPS) is 17.5. The minimum absolute atomic E-state index is 0.0968. The Kier molecular flexibility index (Phi) is 3.07. The number of hydrogen-bond acceptors (Lipinski definition) is 4. The van der Waals surface area contributed by atoms with Crippen LogP contribution in [0.1, 0.15) is 37.2 Å². The topological polar surface area (TPSA) is 79.7 Å². The van der Waals surface area contributed by atoms with E-state index >= 15 is 0 Å². The van der Waals surface area contributed by atoms with E-state index in [1.807, 2.05) is 20.2 Å². The molecule has 1 fully saturated rings. The van der Waals surface area contributed by atoms with E-state index in [0.29, 0.717) is 16.8 Å². The van der Waals surface area contributed by atoms with Crippen LogP contribution in [0.2, 0.25) is 0 Å². The Labute approximate surface area is 123 Å². The molecule has 21 heavy (non-hydrogen) atoms. The summed E-state index contributed by atoms with van der Waals surface area (Å²) in [5.41, 5.74) is 2.00. The third-order valence-electron chi connectivity index (χ3n) is 4.26. The van der Waals surface area contributed by atoms with Gasteiger partial charge in [0.05, 0.1) is 5.69 Å². The maximum Gasteiger partial charge on any atom is 0.276 e. The number of carbonyl (C=O) groups is 1. The number of hydrogen-bond donors (Lipinski definition) is 1. The molecule has 1 saturated carbocycles. The molecule has 0 aromatic carbocycles. The maximum absolute atomic E-state index is 12.7. The van der Waals surface area contributed by atoms with Crippen molar-refractivity contribution < 1.29 is 4.79 Å². The number of nitrogens with zero attached hydrogens (tertiary/aromatic N) is 5. The summed E-state index contributed by atoms with van der Waals surface area (Å²) in [5, 5.41) is 14.8. The van der Waals surface area contributed by atoms with Crippen molar-refractivity contribution >= 4 is 5.91 Å². The zero-order chi connectivity index (χ0) is 15.2. The number of amides is 1. The van der Waals surface area contributed by atoms with Gasteiger partial charge in [0.25, 0.3) is 5.91 Å². The molecule has 7 nitrogen and oxygen atoms in total. The van der Waals surface area contributed by atoms with Gasteiger partial charge in [-0.1, -0.05) is 13.8 Å². The lowest BCUT2D eigenvalue weighted by Gasteiger charge is -2.46. The first-order valence-electron chi connectivity index (χ1n) is 7.05. The van der Waals surface area contributed by atoms with Gasteiger partial charge >= 0.3 is 0 Å². The molecule has 112 valence electrons. The molecule has 0 spiro atoms. The summed E-state index contributed by atoms with van der Waals surface area (Å²) in [5.74, 6) is -0.0968. The molecule has 1 aliphatic carbocycles. The van der Waals surface area contributed by atoms with Crippen molar-refractivity contribution in [3.63, 3.8) is 0 Å². The highest BCUT2D eigenvalue weighted by atomic mass is 16.2. The summed E-state index contributed by atoms with van der Waals surface area (Å²) >= 11 is 0. The zero-order valence-corrected chi connectivity index (χ0v) is 12.8. The molecule has 0 radical (unpaired) electrons. The molecule has 0 aliphatic heterocycles. The number of rotatable bonds is 3. The Morgan fingerprint density at radius 2 is 2.14 bits per heavy atom. The largest absolute Gasteiger partial charge is 0.337 e. The molecule has 2 aromatic rings. The number of aromatic nitrogens is 5. The molecule has 3 rings (SSSR count). The molecule has 0 unspecified atom stereocenters. The molecular formula is C14H20N6O. The third kappa shape index (κ3) is 2.32. The van der Waals surface area contributed by atoms with E-state index in [-0.39, 0.29) is 11.9 Å². The smallest absolute Gasteiger partial charge is 0.276 e. The lowest BCUT2D eigenvalue weighted by atomic mass is 9.68. The standard InChI is InChI=1S/C14H20N6O/c1-14(2)7-9(8-14)19(3)13(21)12-11(16-18-17-12)10-5-6-15-20(10)4/h5-6,9H,7-8H2,1-4H3,(H,16,17,18). The third-order valence-corrected chi connectivity index (χ3v) is 4.26. The summed E-state index contributed by atoms with van der Waals surface area (Å²) < 4.78 is 1.68. The Balaban J connectivity index is 1.83. The predicted octanol–water partition coefficient (Wildman–Crippen LogP) is 1.47. The van der Waals surface area contributed by atoms with Crippen molar-refractivity contribution in [3.05, 3.63) is 18.0 Å². The van der Waals surface area contributed by atoms with E-state index in [9.17, 15) is 4.79 Å². The van der Waals surface area contributed by atoms with Crippen molar-refractivity contribution in [2.45, 2.75) is 32.7 Å². The minimum atomic E-state index is -0.0968. The van der Waals surface area contributed by atoms with Crippen LogP contribution in [0, 0.1) is 5.41 Å². The van der Waals surface area contributed by atoms with Gasteiger partial charge < -0.3 is 4.90 Å². The van der Waals surface area contributed by atoms with Gasteiger partial charge in [-0.25, -0.2) is 0 Å². The molecule has 7 heteroatoms. The fraction of sp³-hybridized carbons (Fsp3) is 0.571. The van der Waals surface area contributed by atoms with Crippen molar-refractivity contribution in [2.24, 2.45) is 12.5 Å². The molecule has 2 aromatic heterocycles. The number of H-pyrrole nitrogens is 1. The molecule has 2 heterocycles. The van der Waals surface area contributed by atoms with Gasteiger partial charge in [-0.3, -0.25) is 9.48 Å². The van der Waals surface area contributed by atoms with Crippen LogP contribution in [-0.4, -0.2) is 49.1 Å². The van der Waals surface area contributed by atoms with Crippen LogP contribution in [0.5, 0.6) is 0 Å². The predicted molar refractivity (Wildman–Crippen MR) is 77.5 cm³/mol. The minimum Gasteiger partial charge on any atom is -0.337 e. The molecule has 0 saturated heterocycles. The Morgan fingerprint density at radius 1 is 1.43 bits per heavy atom. The summed E-state index contributed by atoms with van der Waals surface area (Å²) in [4.78, 5) is 14.4. The lowest BCUT2D eigenvalue weighted by molar-refractivity contribution is 0.0319. The first-order valence-corrected chi connectivity index (χ1v) is 7.05. The number of aromatic amines is 1. The van der Waals surface area contributed by atoms with E-state index in [1.165, 1.54) is 0 Å². The Hall–Kier alpha value is -2.18. The van der Waals surface area contributed by atoms with E-state index in [0.717, 1.165) is 18.5 Å². The number of aryl methyl sites for hydroxylation is 1. The highest BCUT2D eigenvalue weighted by molar-refractivity contribution is 5.97. The highest BCUT2D eigenvalue weighted by Crippen LogP contribution is 2.42. The average Bonchev–Trinajstić information content (AvgIpc) is 3.02. The quantitative estimate of drug-likeness (QED) is 0.927. The number of carbonyl (C=O) groups excluding carboxylic acids is 1. The van der Waals surface area contributed by atoms with Gasteiger partial charge in [-0.05, 0) is 24.3 Å². The molecule has 0 atom stereocenters.